The van der Waals surface area contributed by atoms with Gasteiger partial charge >= 0.3 is 5.97 Å². The van der Waals surface area contributed by atoms with Crippen LogP contribution in [-0.4, -0.2) is 48.6 Å². The van der Waals surface area contributed by atoms with Crippen LogP contribution < -0.4 is 5.32 Å². The van der Waals surface area contributed by atoms with E-state index in [1.165, 1.54) is 5.57 Å². The zero-order chi connectivity index (χ0) is 30.8. The highest BCUT2D eigenvalue weighted by molar-refractivity contribution is 5.85. The molecule has 232 valence electrons. The Kier molecular flexibility index (Phi) is 17.1. The van der Waals surface area contributed by atoms with E-state index in [1.54, 1.807) is 0 Å². The number of carbonyl (C=O) groups excluding carboxylic acids is 3. The molecule has 1 amide bonds. The first kappa shape index (κ1) is 36.2. The lowest BCUT2D eigenvalue weighted by molar-refractivity contribution is -0.150. The third-order valence-corrected chi connectivity index (χ3v) is 8.55. The molecule has 41 heavy (non-hydrogen) atoms. The van der Waals surface area contributed by atoms with E-state index < -0.39 is 12.1 Å². The number of ketones is 1. The quantitative estimate of drug-likeness (QED) is 0.0550. The minimum Gasteiger partial charge on any atom is -0.458 e. The lowest BCUT2D eigenvalue weighted by atomic mass is 9.68. The molecule has 0 heterocycles. The minimum atomic E-state index is -0.561. The van der Waals surface area contributed by atoms with E-state index in [0.717, 1.165) is 24.8 Å². The molecule has 1 rings (SSSR count). The van der Waals surface area contributed by atoms with Crippen LogP contribution in [0.3, 0.4) is 0 Å². The van der Waals surface area contributed by atoms with Crippen molar-refractivity contribution >= 4 is 17.7 Å². The highest BCUT2D eigenvalue weighted by Gasteiger charge is 2.48. The molecule has 5 atom stereocenters. The fourth-order valence-electron chi connectivity index (χ4n) is 5.38. The van der Waals surface area contributed by atoms with Gasteiger partial charge in [-0.15, -0.1) is 4.91 Å². The molecule has 0 aromatic carbocycles. The number of amides is 1. The molecule has 1 aliphatic rings. The van der Waals surface area contributed by atoms with Crippen molar-refractivity contribution in [2.75, 3.05) is 19.8 Å². The molecule has 0 radical (unpaired) electrons. The van der Waals surface area contributed by atoms with Crippen LogP contribution in [-0.2, 0) is 24.0 Å². The number of nitrogens with zero attached hydrogens (tertiary/aromatic N) is 1. The van der Waals surface area contributed by atoms with Crippen LogP contribution in [0, 0.1) is 28.1 Å². The Morgan fingerprint density at radius 1 is 1.20 bits per heavy atom. The maximum Gasteiger partial charge on any atom is 0.308 e. The first-order valence-corrected chi connectivity index (χ1v) is 15.0. The van der Waals surface area contributed by atoms with Crippen molar-refractivity contribution in [1.82, 2.24) is 5.32 Å². The van der Waals surface area contributed by atoms with Crippen molar-refractivity contribution in [3.05, 3.63) is 40.9 Å². The van der Waals surface area contributed by atoms with Crippen molar-refractivity contribution in [3.63, 3.8) is 0 Å². The Hall–Kier alpha value is -2.81. The Morgan fingerprint density at radius 2 is 1.93 bits per heavy atom. The van der Waals surface area contributed by atoms with Crippen molar-refractivity contribution in [1.29, 1.82) is 0 Å². The van der Waals surface area contributed by atoms with E-state index in [1.807, 2.05) is 19.1 Å². The highest BCUT2D eigenvalue weighted by Crippen LogP contribution is 2.51. The first-order valence-electron chi connectivity index (χ1n) is 15.0. The van der Waals surface area contributed by atoms with Gasteiger partial charge < -0.3 is 20.0 Å². The minimum absolute atomic E-state index is 0.0137. The van der Waals surface area contributed by atoms with Gasteiger partial charge in [-0.3, -0.25) is 14.4 Å². The van der Waals surface area contributed by atoms with Crippen LogP contribution in [0.25, 0.3) is 0 Å². The number of carbonyl (C=O) groups is 3. The van der Waals surface area contributed by atoms with Gasteiger partial charge in [-0.05, 0) is 81.1 Å². The summed E-state index contributed by atoms with van der Waals surface area (Å²) in [7, 11) is 0. The van der Waals surface area contributed by atoms with Gasteiger partial charge in [0.1, 0.15) is 13.2 Å². The average Bonchev–Trinajstić information content (AvgIpc) is 3.22. The molecule has 9 heteroatoms. The fraction of sp³-hybridized carbons (Fsp3) is 0.719. The lowest BCUT2D eigenvalue weighted by Gasteiger charge is -2.38. The third-order valence-electron chi connectivity index (χ3n) is 8.55. The van der Waals surface area contributed by atoms with Crippen molar-refractivity contribution in [3.8, 4) is 0 Å². The van der Waals surface area contributed by atoms with Crippen LogP contribution in [0.2, 0.25) is 0 Å². The fourth-order valence-corrected chi connectivity index (χ4v) is 5.38. The summed E-state index contributed by atoms with van der Waals surface area (Å²) in [6.07, 6.45) is 11.7. The third kappa shape index (κ3) is 13.6. The molecule has 0 aromatic rings. The molecular weight excluding hydrogens is 524 g/mol. The van der Waals surface area contributed by atoms with E-state index in [-0.39, 0.29) is 61.0 Å². The van der Waals surface area contributed by atoms with E-state index in [2.05, 4.69) is 55.8 Å². The van der Waals surface area contributed by atoms with Gasteiger partial charge in [0, 0.05) is 18.9 Å². The molecule has 0 aliphatic heterocycles. The number of hydrogen-bond acceptors (Lipinski definition) is 8. The molecular formula is C32H52N2O7. The normalized spacial score (nSPS) is 22.2. The number of Topliss-reactive ketones (excluding diaryl/α,β-unsaturated/α-hetero) is 1. The van der Waals surface area contributed by atoms with Gasteiger partial charge in [-0.25, -0.2) is 0 Å². The van der Waals surface area contributed by atoms with Gasteiger partial charge in [-0.1, -0.05) is 58.1 Å². The van der Waals surface area contributed by atoms with Gasteiger partial charge in [0.2, 0.25) is 5.91 Å². The van der Waals surface area contributed by atoms with Crippen LogP contribution in [0.15, 0.2) is 41.3 Å². The average molecular weight is 577 g/mol. The van der Waals surface area contributed by atoms with Gasteiger partial charge in [0.05, 0.1) is 12.5 Å². The predicted octanol–water partition coefficient (Wildman–Crippen LogP) is 6.16. The summed E-state index contributed by atoms with van der Waals surface area (Å²) in [6.45, 7) is 14.6. The summed E-state index contributed by atoms with van der Waals surface area (Å²) < 4.78 is 5.25. The van der Waals surface area contributed by atoms with Crippen molar-refractivity contribution < 1.29 is 29.1 Å². The SMILES string of the molecule is C=C(/C=C\CC(C)[C@@H](O)C[C@@]1(C)C(C)CCC1C(=O)COC(=O)CCNC(=O)CCCCCON=O)/C=C(\C)CC. The van der Waals surface area contributed by atoms with Gasteiger partial charge in [0.15, 0.2) is 11.1 Å². The zero-order valence-corrected chi connectivity index (χ0v) is 25.8. The summed E-state index contributed by atoms with van der Waals surface area (Å²) in [4.78, 5) is 51.4. The van der Waals surface area contributed by atoms with E-state index in [4.69, 9.17) is 4.74 Å². The number of esters is 1. The molecule has 0 spiro atoms. The number of allylic oxidation sites excluding steroid dienone is 5. The molecule has 0 bridgehead atoms. The monoisotopic (exact) mass is 576 g/mol. The maximum absolute atomic E-state index is 13.1. The van der Waals surface area contributed by atoms with Crippen molar-refractivity contribution in [2.24, 2.45) is 28.5 Å². The number of aliphatic hydroxyl groups is 1. The molecule has 3 unspecified atom stereocenters. The summed E-state index contributed by atoms with van der Waals surface area (Å²) in [5.74, 6) is -0.811. The van der Waals surface area contributed by atoms with Crippen LogP contribution in [0.5, 0.6) is 0 Å². The van der Waals surface area contributed by atoms with Gasteiger partial charge in [-0.2, -0.15) is 0 Å². The number of unbranched alkanes of at least 4 members (excludes halogenated alkanes) is 2. The molecule has 9 nitrogen and oxygen atoms in total. The number of nitrogens with one attached hydrogen (secondary N) is 1. The Labute approximate surface area is 246 Å². The van der Waals surface area contributed by atoms with E-state index in [9.17, 15) is 24.4 Å². The number of hydrogen-bond donors (Lipinski definition) is 2. The molecule has 0 aromatic heterocycles. The number of ether oxygens (including phenoxy) is 1. The number of rotatable bonds is 21. The zero-order valence-electron chi connectivity index (χ0n) is 25.8. The predicted molar refractivity (Wildman–Crippen MR) is 161 cm³/mol. The maximum atomic E-state index is 13.1. The summed E-state index contributed by atoms with van der Waals surface area (Å²) in [6, 6.07) is 0. The second-order valence-corrected chi connectivity index (χ2v) is 11.8. The summed E-state index contributed by atoms with van der Waals surface area (Å²) >= 11 is 0. The molecule has 0 saturated heterocycles. The van der Waals surface area contributed by atoms with E-state index >= 15 is 0 Å². The van der Waals surface area contributed by atoms with Crippen LogP contribution in [0.4, 0.5) is 0 Å². The second kappa shape index (κ2) is 19.3. The second-order valence-electron chi connectivity index (χ2n) is 11.8. The van der Waals surface area contributed by atoms with Crippen LogP contribution in [0.1, 0.15) is 98.8 Å². The van der Waals surface area contributed by atoms with E-state index in [0.29, 0.717) is 38.5 Å². The lowest BCUT2D eigenvalue weighted by Crippen LogP contribution is -2.39. The summed E-state index contributed by atoms with van der Waals surface area (Å²) in [5, 5.41) is 16.0. The largest absolute Gasteiger partial charge is 0.458 e. The molecule has 2 N–H and O–H groups in total. The summed E-state index contributed by atoms with van der Waals surface area (Å²) in [5.41, 5.74) is 1.83. The number of aliphatic hydroxyl groups excluding tert-OH is 1. The first-order chi connectivity index (χ1) is 19.4. The van der Waals surface area contributed by atoms with Gasteiger partial charge in [0.25, 0.3) is 0 Å². The van der Waals surface area contributed by atoms with Crippen LogP contribution >= 0.6 is 0 Å². The standard InChI is InChI=1S/C32H52N2O7/c1-7-23(2)20-24(3)12-11-13-25(4)28(35)21-32(6)26(5)15-16-27(32)29(36)22-40-31(38)17-18-33-30(37)14-9-8-10-19-41-34-39/h11-12,20,25-28,35H,3,7-10,13-19,21-22H2,1-2,4-6H3,(H,33,37)/b12-11-,23-20+/t25?,26?,27?,28-,32-/m0/s1. The smallest absolute Gasteiger partial charge is 0.308 e. The highest BCUT2D eigenvalue weighted by atomic mass is 16.7. The molecule has 1 aliphatic carbocycles. The molecule has 1 fully saturated rings. The Bertz CT molecular complexity index is 929. The Morgan fingerprint density at radius 3 is 2.61 bits per heavy atom. The molecule has 1 saturated carbocycles. The Balaban J connectivity index is 2.48. The topological polar surface area (TPSA) is 131 Å². The van der Waals surface area contributed by atoms with Crippen molar-refractivity contribution in [2.45, 2.75) is 105 Å².